The number of hydrogen-bond acceptors (Lipinski definition) is 4. The van der Waals surface area contributed by atoms with Gasteiger partial charge in [0.1, 0.15) is 17.5 Å². The third-order valence-electron chi connectivity index (χ3n) is 3.45. The van der Waals surface area contributed by atoms with Gasteiger partial charge in [-0.25, -0.2) is 4.98 Å². The molecule has 0 bridgehead atoms. The molecule has 0 aliphatic carbocycles. The number of amides is 1. The fraction of sp³-hybridized carbons (Fsp3) is 0.400. The highest BCUT2D eigenvalue weighted by atomic mass is 16.2. The van der Waals surface area contributed by atoms with Gasteiger partial charge in [0.15, 0.2) is 0 Å². The predicted molar refractivity (Wildman–Crippen MR) is 76.5 cm³/mol. The van der Waals surface area contributed by atoms with Crippen LogP contribution in [-0.4, -0.2) is 28.9 Å². The summed E-state index contributed by atoms with van der Waals surface area (Å²) < 4.78 is 0. The summed E-state index contributed by atoms with van der Waals surface area (Å²) in [6.07, 6.45) is 5.08. The van der Waals surface area contributed by atoms with Crippen molar-refractivity contribution < 1.29 is 4.79 Å². The van der Waals surface area contributed by atoms with Crippen molar-refractivity contribution in [3.8, 4) is 6.07 Å². The van der Waals surface area contributed by atoms with Crippen molar-refractivity contribution in [2.45, 2.75) is 19.8 Å². The van der Waals surface area contributed by atoms with Gasteiger partial charge in [-0.05, 0) is 30.9 Å². The Hall–Kier alpha value is -2.35. The first-order chi connectivity index (χ1) is 9.70. The zero-order chi connectivity index (χ0) is 14.4. The maximum Gasteiger partial charge on any atom is 0.266 e. The summed E-state index contributed by atoms with van der Waals surface area (Å²) in [5, 5.41) is 12.0. The van der Waals surface area contributed by atoms with E-state index in [0.717, 1.165) is 25.9 Å². The van der Waals surface area contributed by atoms with Crippen molar-refractivity contribution in [2.75, 3.05) is 18.4 Å². The van der Waals surface area contributed by atoms with E-state index < -0.39 is 0 Å². The predicted octanol–water partition coefficient (Wildman–Crippen LogP) is 2.16. The van der Waals surface area contributed by atoms with Crippen LogP contribution in [0.25, 0.3) is 0 Å². The first kappa shape index (κ1) is 14.1. The SMILES string of the molecule is CC1CCN(C(=O)/C(C#N)=C\Nc2ccccn2)CC1. The molecular weight excluding hydrogens is 252 g/mol. The van der Waals surface area contributed by atoms with Crippen LogP contribution in [0.5, 0.6) is 0 Å². The highest BCUT2D eigenvalue weighted by Gasteiger charge is 2.22. The second-order valence-electron chi connectivity index (χ2n) is 5.00. The van der Waals surface area contributed by atoms with Gasteiger partial charge in [-0.2, -0.15) is 5.26 Å². The van der Waals surface area contributed by atoms with Gasteiger partial charge in [-0.15, -0.1) is 0 Å². The minimum Gasteiger partial charge on any atom is -0.345 e. The average Bonchev–Trinajstić information content (AvgIpc) is 2.49. The maximum atomic E-state index is 12.2. The Labute approximate surface area is 118 Å². The van der Waals surface area contributed by atoms with Crippen LogP contribution in [0.4, 0.5) is 5.82 Å². The third-order valence-corrected chi connectivity index (χ3v) is 3.45. The molecule has 1 amide bonds. The summed E-state index contributed by atoms with van der Waals surface area (Å²) in [5.74, 6) is 1.06. The molecular formula is C15H18N4O. The van der Waals surface area contributed by atoms with Crippen LogP contribution in [0.3, 0.4) is 0 Å². The standard InChI is InChI=1S/C15H18N4O/c1-12-5-8-19(9-6-12)15(20)13(10-16)11-18-14-4-2-3-7-17-14/h2-4,7,11-12H,5-6,8-9H2,1H3,(H,17,18)/b13-11-. The Balaban J connectivity index is 2.01. The number of nitrogens with zero attached hydrogens (tertiary/aromatic N) is 3. The number of pyridine rings is 1. The van der Waals surface area contributed by atoms with Crippen LogP contribution in [0.15, 0.2) is 36.2 Å². The van der Waals surface area contributed by atoms with E-state index in [4.69, 9.17) is 5.26 Å². The molecule has 2 rings (SSSR count). The number of aromatic nitrogens is 1. The lowest BCUT2D eigenvalue weighted by atomic mass is 9.99. The van der Waals surface area contributed by atoms with Gasteiger partial charge in [-0.1, -0.05) is 13.0 Å². The van der Waals surface area contributed by atoms with Crippen LogP contribution < -0.4 is 5.32 Å². The third kappa shape index (κ3) is 3.58. The van der Waals surface area contributed by atoms with Crippen molar-refractivity contribution >= 4 is 11.7 Å². The van der Waals surface area contributed by atoms with Gasteiger partial charge in [-0.3, -0.25) is 4.79 Å². The molecule has 1 aliphatic heterocycles. The molecule has 0 spiro atoms. The van der Waals surface area contributed by atoms with E-state index >= 15 is 0 Å². The molecule has 1 N–H and O–H groups in total. The molecule has 0 unspecified atom stereocenters. The number of hydrogen-bond donors (Lipinski definition) is 1. The molecule has 20 heavy (non-hydrogen) atoms. The summed E-state index contributed by atoms with van der Waals surface area (Å²) in [4.78, 5) is 18.1. The lowest BCUT2D eigenvalue weighted by Crippen LogP contribution is -2.38. The van der Waals surface area contributed by atoms with Gasteiger partial charge in [0, 0.05) is 25.5 Å². The summed E-state index contributed by atoms with van der Waals surface area (Å²) in [6, 6.07) is 7.38. The maximum absolute atomic E-state index is 12.2. The molecule has 104 valence electrons. The zero-order valence-electron chi connectivity index (χ0n) is 11.5. The van der Waals surface area contributed by atoms with Crippen molar-refractivity contribution in [1.29, 1.82) is 5.26 Å². The Morgan fingerprint density at radius 3 is 2.85 bits per heavy atom. The summed E-state index contributed by atoms with van der Waals surface area (Å²) in [6.45, 7) is 3.64. The molecule has 0 atom stereocenters. The van der Waals surface area contributed by atoms with Gasteiger partial charge in [0.2, 0.25) is 0 Å². The minimum atomic E-state index is -0.206. The van der Waals surface area contributed by atoms with E-state index in [2.05, 4.69) is 17.2 Å². The number of anilines is 1. The summed E-state index contributed by atoms with van der Waals surface area (Å²) in [7, 11) is 0. The Bertz CT molecular complexity index is 525. The molecule has 5 nitrogen and oxygen atoms in total. The monoisotopic (exact) mass is 270 g/mol. The normalized spacial score (nSPS) is 16.6. The summed E-state index contributed by atoms with van der Waals surface area (Å²) >= 11 is 0. The summed E-state index contributed by atoms with van der Waals surface area (Å²) in [5.41, 5.74) is 0.116. The fourth-order valence-electron chi connectivity index (χ4n) is 2.12. The minimum absolute atomic E-state index is 0.116. The Morgan fingerprint density at radius 1 is 1.50 bits per heavy atom. The van der Waals surface area contributed by atoms with Crippen molar-refractivity contribution in [2.24, 2.45) is 5.92 Å². The van der Waals surface area contributed by atoms with Crippen LogP contribution in [0.1, 0.15) is 19.8 Å². The molecule has 1 fully saturated rings. The number of nitriles is 1. The average molecular weight is 270 g/mol. The molecule has 1 aromatic rings. The molecule has 5 heteroatoms. The molecule has 1 aromatic heterocycles. The van der Waals surface area contributed by atoms with Crippen LogP contribution >= 0.6 is 0 Å². The quantitative estimate of drug-likeness (QED) is 0.675. The van der Waals surface area contributed by atoms with Crippen LogP contribution in [0, 0.1) is 17.2 Å². The highest BCUT2D eigenvalue weighted by molar-refractivity contribution is 5.97. The number of carbonyl (C=O) groups is 1. The van der Waals surface area contributed by atoms with Crippen molar-refractivity contribution in [3.63, 3.8) is 0 Å². The van der Waals surface area contributed by atoms with E-state index in [-0.39, 0.29) is 11.5 Å². The second kappa shape index (κ2) is 6.71. The highest BCUT2D eigenvalue weighted by Crippen LogP contribution is 2.17. The molecule has 1 saturated heterocycles. The number of likely N-dealkylation sites (tertiary alicyclic amines) is 1. The van der Waals surface area contributed by atoms with E-state index in [1.807, 2.05) is 12.1 Å². The van der Waals surface area contributed by atoms with Gasteiger partial charge < -0.3 is 10.2 Å². The van der Waals surface area contributed by atoms with Gasteiger partial charge in [0.25, 0.3) is 5.91 Å². The fourth-order valence-corrected chi connectivity index (χ4v) is 2.12. The number of rotatable bonds is 3. The first-order valence-corrected chi connectivity index (χ1v) is 6.78. The van der Waals surface area contributed by atoms with Crippen molar-refractivity contribution in [3.05, 3.63) is 36.2 Å². The molecule has 0 radical (unpaired) electrons. The smallest absolute Gasteiger partial charge is 0.266 e. The molecule has 0 aromatic carbocycles. The largest absolute Gasteiger partial charge is 0.345 e. The number of nitrogens with one attached hydrogen (secondary N) is 1. The first-order valence-electron chi connectivity index (χ1n) is 6.78. The van der Waals surface area contributed by atoms with Crippen LogP contribution in [-0.2, 0) is 4.79 Å². The second-order valence-corrected chi connectivity index (χ2v) is 5.00. The molecule has 1 aliphatic rings. The van der Waals surface area contributed by atoms with Gasteiger partial charge >= 0.3 is 0 Å². The zero-order valence-corrected chi connectivity index (χ0v) is 11.5. The lowest BCUT2D eigenvalue weighted by Gasteiger charge is -2.30. The van der Waals surface area contributed by atoms with Crippen molar-refractivity contribution in [1.82, 2.24) is 9.88 Å². The Kier molecular flexibility index (Phi) is 4.72. The number of carbonyl (C=O) groups excluding carboxylic acids is 1. The number of piperidine rings is 1. The van der Waals surface area contributed by atoms with Gasteiger partial charge in [0.05, 0.1) is 0 Å². The van der Waals surface area contributed by atoms with E-state index in [1.54, 1.807) is 23.2 Å². The lowest BCUT2D eigenvalue weighted by molar-refractivity contribution is -0.128. The molecule has 0 saturated carbocycles. The molecule has 2 heterocycles. The van der Waals surface area contributed by atoms with E-state index in [9.17, 15) is 4.79 Å². The van der Waals surface area contributed by atoms with Crippen LogP contribution in [0.2, 0.25) is 0 Å². The topological polar surface area (TPSA) is 69.0 Å². The van der Waals surface area contributed by atoms with E-state index in [1.165, 1.54) is 6.20 Å². The Morgan fingerprint density at radius 2 is 2.25 bits per heavy atom. The van der Waals surface area contributed by atoms with E-state index in [0.29, 0.717) is 11.7 Å².